The summed E-state index contributed by atoms with van der Waals surface area (Å²) in [6.07, 6.45) is 2.92. The van der Waals surface area contributed by atoms with Gasteiger partial charge in [-0.25, -0.2) is 23.1 Å². The summed E-state index contributed by atoms with van der Waals surface area (Å²) in [5.74, 6) is 0.934. The largest absolute Gasteiger partial charge is 0.497 e. The van der Waals surface area contributed by atoms with E-state index in [1.54, 1.807) is 12.1 Å². The van der Waals surface area contributed by atoms with Crippen LogP contribution in [0.25, 0.3) is 5.57 Å². The van der Waals surface area contributed by atoms with Crippen LogP contribution in [-0.4, -0.2) is 36.4 Å². The van der Waals surface area contributed by atoms with Crippen LogP contribution in [0.3, 0.4) is 0 Å². The number of aromatic nitrogens is 2. The minimum absolute atomic E-state index is 0.00839. The number of nitrogens with one attached hydrogen (secondary N) is 1. The number of hydrogen-bond donors (Lipinski definition) is 1. The molecule has 0 radical (unpaired) electrons. The molecule has 2 aromatic rings. The minimum Gasteiger partial charge on any atom is -0.497 e. The van der Waals surface area contributed by atoms with Gasteiger partial charge in [0.25, 0.3) is 10.0 Å². The molecule has 1 aromatic carbocycles. The lowest BCUT2D eigenvalue weighted by Crippen LogP contribution is -2.15. The van der Waals surface area contributed by atoms with Crippen molar-refractivity contribution in [1.29, 1.82) is 0 Å². The number of benzene rings is 1. The molecule has 132 valence electrons. The van der Waals surface area contributed by atoms with Crippen molar-refractivity contribution >= 4 is 38.4 Å². The Balaban J connectivity index is 2.09. The summed E-state index contributed by atoms with van der Waals surface area (Å²) in [5.41, 5.74) is 1.32. The first kappa shape index (κ1) is 18.9. The highest BCUT2D eigenvalue weighted by Crippen LogP contribution is 2.19. The van der Waals surface area contributed by atoms with E-state index in [0.717, 1.165) is 11.8 Å². The van der Waals surface area contributed by atoms with E-state index in [2.05, 4.69) is 21.3 Å². The van der Waals surface area contributed by atoms with Crippen LogP contribution in [0.4, 0.5) is 5.95 Å². The molecule has 0 saturated carbocycles. The molecule has 0 amide bonds. The van der Waals surface area contributed by atoms with Crippen LogP contribution < -0.4 is 9.46 Å². The Morgan fingerprint density at radius 3 is 2.36 bits per heavy atom. The molecule has 0 aliphatic rings. The number of hydrogen-bond acceptors (Lipinski definition) is 7. The third-order valence-corrected chi connectivity index (χ3v) is 5.35. The second-order valence-corrected chi connectivity index (χ2v) is 7.79. The molecule has 0 aliphatic carbocycles. The van der Waals surface area contributed by atoms with Crippen LogP contribution in [0.15, 0.2) is 48.1 Å². The fourth-order valence-electron chi connectivity index (χ4n) is 1.77. The number of carbonyl (C=O) groups excluding carboxylic acids is 1. The van der Waals surface area contributed by atoms with Crippen molar-refractivity contribution in [2.24, 2.45) is 0 Å². The van der Waals surface area contributed by atoms with E-state index >= 15 is 0 Å². The van der Waals surface area contributed by atoms with Gasteiger partial charge in [0, 0.05) is 30.6 Å². The Bertz CT molecular complexity index is 863. The molecule has 9 heteroatoms. The maximum Gasteiger partial charge on any atom is 0.264 e. The molecule has 1 N–H and O–H groups in total. The van der Waals surface area contributed by atoms with Crippen LogP contribution in [0, 0.1) is 0 Å². The van der Waals surface area contributed by atoms with Gasteiger partial charge in [-0.15, -0.1) is 0 Å². The molecule has 0 fully saturated rings. The Morgan fingerprint density at radius 1 is 1.24 bits per heavy atom. The number of anilines is 1. The molecule has 1 heterocycles. The molecule has 1 aromatic heterocycles. The number of nitrogens with zero attached hydrogens (tertiary/aromatic N) is 2. The molecule has 0 bridgehead atoms. The monoisotopic (exact) mass is 379 g/mol. The van der Waals surface area contributed by atoms with Gasteiger partial charge in [-0.3, -0.25) is 4.79 Å². The van der Waals surface area contributed by atoms with Gasteiger partial charge in [0.15, 0.2) is 5.12 Å². The quantitative estimate of drug-likeness (QED) is 0.789. The predicted octanol–water partition coefficient (Wildman–Crippen LogP) is 2.58. The smallest absolute Gasteiger partial charge is 0.264 e. The Hall–Kier alpha value is -2.39. The molecular weight excluding hydrogens is 362 g/mol. The molecule has 2 rings (SSSR count). The van der Waals surface area contributed by atoms with Crippen molar-refractivity contribution in [3.8, 4) is 5.75 Å². The van der Waals surface area contributed by atoms with Gasteiger partial charge >= 0.3 is 0 Å². The fourth-order valence-corrected chi connectivity index (χ4v) is 3.27. The molecule has 25 heavy (non-hydrogen) atoms. The summed E-state index contributed by atoms with van der Waals surface area (Å²) >= 11 is 1.13. The zero-order valence-electron chi connectivity index (χ0n) is 13.7. The minimum atomic E-state index is -3.79. The third kappa shape index (κ3) is 5.30. The Labute approximate surface area is 150 Å². The Kier molecular flexibility index (Phi) is 6.16. The fraction of sp³-hybridized carbons (Fsp3) is 0.188. The van der Waals surface area contributed by atoms with Gasteiger partial charge in [-0.05, 0) is 29.8 Å². The third-order valence-electron chi connectivity index (χ3n) is 3.11. The molecular formula is C16H17N3O4S2. The van der Waals surface area contributed by atoms with Crippen molar-refractivity contribution in [3.63, 3.8) is 0 Å². The summed E-state index contributed by atoms with van der Waals surface area (Å²) in [6, 6.07) is 5.96. The maximum absolute atomic E-state index is 12.3. The van der Waals surface area contributed by atoms with E-state index in [-0.39, 0.29) is 16.0 Å². The zero-order valence-corrected chi connectivity index (χ0v) is 15.4. The van der Waals surface area contributed by atoms with Crippen LogP contribution in [0.2, 0.25) is 0 Å². The lowest BCUT2D eigenvalue weighted by atomic mass is 10.2. The molecule has 7 nitrogen and oxygen atoms in total. The van der Waals surface area contributed by atoms with Gasteiger partial charge in [0.2, 0.25) is 5.95 Å². The van der Waals surface area contributed by atoms with Gasteiger partial charge in [-0.1, -0.05) is 18.3 Å². The average Bonchev–Trinajstić information content (AvgIpc) is 2.60. The van der Waals surface area contributed by atoms with Crippen LogP contribution >= 0.6 is 11.8 Å². The van der Waals surface area contributed by atoms with Crippen molar-refractivity contribution in [3.05, 3.63) is 48.8 Å². The number of methoxy groups -OCH3 is 1. The summed E-state index contributed by atoms with van der Waals surface area (Å²) < 4.78 is 31.9. The predicted molar refractivity (Wildman–Crippen MR) is 98.0 cm³/mol. The maximum atomic E-state index is 12.3. The van der Waals surface area contributed by atoms with Crippen molar-refractivity contribution < 1.29 is 17.9 Å². The van der Waals surface area contributed by atoms with Gasteiger partial charge in [0.1, 0.15) is 5.75 Å². The standard InChI is InChI=1S/C16H17N3O4S2/c1-11(10-24-12(2)20)13-8-17-16(18-9-13)19-25(21,22)15-6-4-14(23-3)5-7-15/h4-9H,1,10H2,2-3H3,(H,17,18,19). The summed E-state index contributed by atoms with van der Waals surface area (Å²) in [5, 5.41) is -0.00839. The van der Waals surface area contributed by atoms with E-state index in [4.69, 9.17) is 4.74 Å². The second-order valence-electron chi connectivity index (χ2n) is 4.96. The lowest BCUT2D eigenvalue weighted by molar-refractivity contribution is -0.109. The van der Waals surface area contributed by atoms with Crippen LogP contribution in [0.1, 0.15) is 12.5 Å². The van der Waals surface area contributed by atoms with E-state index in [9.17, 15) is 13.2 Å². The number of sulfonamides is 1. The lowest BCUT2D eigenvalue weighted by Gasteiger charge is -2.08. The van der Waals surface area contributed by atoms with Gasteiger partial charge in [0.05, 0.1) is 12.0 Å². The summed E-state index contributed by atoms with van der Waals surface area (Å²) in [4.78, 5) is 19.0. The number of carbonyl (C=O) groups is 1. The van der Waals surface area contributed by atoms with Crippen LogP contribution in [0.5, 0.6) is 5.75 Å². The van der Waals surface area contributed by atoms with Crippen molar-refractivity contribution in [1.82, 2.24) is 9.97 Å². The molecule has 0 saturated heterocycles. The number of ether oxygens (including phenoxy) is 1. The topological polar surface area (TPSA) is 98.2 Å². The van der Waals surface area contributed by atoms with Crippen molar-refractivity contribution in [2.75, 3.05) is 17.6 Å². The molecule has 0 aliphatic heterocycles. The molecule has 0 unspecified atom stereocenters. The number of rotatable bonds is 7. The SMILES string of the molecule is C=C(CSC(C)=O)c1cnc(NS(=O)(=O)c2ccc(OC)cc2)nc1. The second kappa shape index (κ2) is 8.13. The van der Waals surface area contributed by atoms with Gasteiger partial charge < -0.3 is 4.74 Å². The number of thioether (sulfide) groups is 1. The van der Waals surface area contributed by atoms with E-state index in [1.807, 2.05) is 0 Å². The summed E-state index contributed by atoms with van der Waals surface area (Å²) in [7, 11) is -2.29. The highest BCUT2D eigenvalue weighted by atomic mass is 32.2. The van der Waals surface area contributed by atoms with Crippen molar-refractivity contribution in [2.45, 2.75) is 11.8 Å². The van der Waals surface area contributed by atoms with E-state index < -0.39 is 10.0 Å². The zero-order chi connectivity index (χ0) is 18.4. The molecule has 0 spiro atoms. The normalized spacial score (nSPS) is 11.0. The first-order chi connectivity index (χ1) is 11.8. The van der Waals surface area contributed by atoms with Gasteiger partial charge in [-0.2, -0.15) is 0 Å². The summed E-state index contributed by atoms with van der Waals surface area (Å²) in [6.45, 7) is 5.34. The Morgan fingerprint density at radius 2 is 1.84 bits per heavy atom. The highest BCUT2D eigenvalue weighted by molar-refractivity contribution is 8.13. The highest BCUT2D eigenvalue weighted by Gasteiger charge is 2.16. The first-order valence-electron chi connectivity index (χ1n) is 7.12. The van der Waals surface area contributed by atoms with E-state index in [1.165, 1.54) is 38.6 Å². The van der Waals surface area contributed by atoms with Crippen LogP contribution in [-0.2, 0) is 14.8 Å². The average molecular weight is 379 g/mol. The molecule has 0 atom stereocenters. The van der Waals surface area contributed by atoms with E-state index in [0.29, 0.717) is 22.6 Å². The first-order valence-corrected chi connectivity index (χ1v) is 9.59.